The molecule has 10 nitrogen and oxygen atoms in total. The lowest BCUT2D eigenvalue weighted by Crippen LogP contribution is -2.52. The molecule has 2 aliphatic carbocycles. The Labute approximate surface area is 249 Å². The van der Waals surface area contributed by atoms with Crippen LogP contribution in [-0.2, 0) is 9.59 Å². The molecule has 3 aromatic carbocycles. The molecule has 42 heavy (non-hydrogen) atoms. The Morgan fingerprint density at radius 2 is 1.48 bits per heavy atom. The number of ether oxygens (including phenoxy) is 1. The van der Waals surface area contributed by atoms with Gasteiger partial charge in [-0.15, -0.1) is 0 Å². The van der Waals surface area contributed by atoms with E-state index in [1.54, 1.807) is 0 Å². The lowest BCUT2D eigenvalue weighted by atomic mass is 9.85. The number of nitro benzene ring substituents is 1. The number of hydrogen-bond acceptors (Lipinski definition) is 7. The number of nitro groups is 1. The van der Waals surface area contributed by atoms with E-state index in [2.05, 4.69) is 0 Å². The summed E-state index contributed by atoms with van der Waals surface area (Å²) in [5, 5.41) is 12.9. The van der Waals surface area contributed by atoms with Crippen LogP contribution in [0.2, 0.25) is 10.0 Å². The molecule has 1 saturated heterocycles. The van der Waals surface area contributed by atoms with Gasteiger partial charge in [-0.25, -0.2) is 5.01 Å². The first kappa shape index (κ1) is 27.6. The minimum absolute atomic E-state index is 0.0127. The number of hydrogen-bond donors (Lipinski definition) is 0. The SMILES string of the molecule is O=C(CN(C(=O)c1ccc(Cl)cc1Cl)N1C(=O)[C@H]2[C@H](C1=O)[C@H]1C=C[C@H]2C1)c1ccc(Oc2ccc([N+](=O)[O-])cc2)cc1. The minimum atomic E-state index is -0.787. The van der Waals surface area contributed by atoms with E-state index in [1.165, 1.54) is 66.7 Å². The first-order valence-corrected chi connectivity index (χ1v) is 13.8. The lowest BCUT2D eigenvalue weighted by Gasteiger charge is -2.31. The highest BCUT2D eigenvalue weighted by Crippen LogP contribution is 2.52. The van der Waals surface area contributed by atoms with Crippen LogP contribution in [0.15, 0.2) is 78.9 Å². The maximum absolute atomic E-state index is 13.8. The Kier molecular flexibility index (Phi) is 7.04. The van der Waals surface area contributed by atoms with E-state index in [0.29, 0.717) is 22.9 Å². The molecule has 3 aliphatic rings. The first-order valence-electron chi connectivity index (χ1n) is 13.0. The maximum atomic E-state index is 13.8. The number of carbonyl (C=O) groups is 4. The van der Waals surface area contributed by atoms with Crippen LogP contribution < -0.4 is 4.74 Å². The molecule has 1 saturated carbocycles. The van der Waals surface area contributed by atoms with E-state index >= 15 is 0 Å². The van der Waals surface area contributed by atoms with Crippen LogP contribution >= 0.6 is 23.2 Å². The van der Waals surface area contributed by atoms with Gasteiger partial charge in [-0.3, -0.25) is 29.3 Å². The first-order chi connectivity index (χ1) is 20.1. The Bertz CT molecular complexity index is 1640. The fourth-order valence-electron chi connectivity index (χ4n) is 5.87. The minimum Gasteiger partial charge on any atom is -0.457 e. The summed E-state index contributed by atoms with van der Waals surface area (Å²) in [6.07, 6.45) is 4.59. The Morgan fingerprint density at radius 1 is 0.905 bits per heavy atom. The average molecular weight is 606 g/mol. The van der Waals surface area contributed by atoms with Gasteiger partial charge in [0.25, 0.3) is 23.4 Å². The fourth-order valence-corrected chi connectivity index (χ4v) is 6.36. The van der Waals surface area contributed by atoms with Crippen molar-refractivity contribution in [1.29, 1.82) is 0 Å². The summed E-state index contributed by atoms with van der Waals surface area (Å²) in [7, 11) is 0. The van der Waals surface area contributed by atoms with E-state index in [9.17, 15) is 29.3 Å². The van der Waals surface area contributed by atoms with E-state index in [-0.39, 0.29) is 33.7 Å². The van der Waals surface area contributed by atoms with Crippen molar-refractivity contribution in [3.63, 3.8) is 0 Å². The van der Waals surface area contributed by atoms with E-state index in [4.69, 9.17) is 27.9 Å². The standard InChI is InChI=1S/C30H21Cl2N3O7/c31-19-5-12-23(24(32)14-19)28(37)33(34-29(38)26-17-1-2-18(13-17)27(26)30(34)39)15-25(36)16-3-8-21(9-4-16)42-22-10-6-20(7-11-22)35(40)41/h1-12,14,17-18,26-27H,13,15H2/t17-,18-,26+,27+/m0/s1. The average Bonchev–Trinajstić information content (AvgIpc) is 3.66. The van der Waals surface area contributed by atoms with Crippen molar-refractivity contribution in [3.05, 3.63) is 110 Å². The highest BCUT2D eigenvalue weighted by Gasteiger charge is 2.61. The summed E-state index contributed by atoms with van der Waals surface area (Å²) in [6.45, 7) is -0.597. The van der Waals surface area contributed by atoms with Crippen LogP contribution in [0.1, 0.15) is 27.1 Å². The molecule has 2 bridgehead atoms. The molecule has 0 radical (unpaired) electrons. The van der Waals surface area contributed by atoms with Crippen molar-refractivity contribution in [2.45, 2.75) is 6.42 Å². The Balaban J connectivity index is 1.25. The third kappa shape index (κ3) is 4.82. The molecular formula is C30H21Cl2N3O7. The van der Waals surface area contributed by atoms with Gasteiger partial charge in [0.2, 0.25) is 0 Å². The van der Waals surface area contributed by atoms with Crippen molar-refractivity contribution in [2.75, 3.05) is 6.54 Å². The lowest BCUT2D eigenvalue weighted by molar-refractivity contribution is -0.384. The van der Waals surface area contributed by atoms with Crippen LogP contribution in [-0.4, -0.2) is 45.0 Å². The molecule has 3 amide bonds. The predicted molar refractivity (Wildman–Crippen MR) is 151 cm³/mol. The molecule has 0 spiro atoms. The van der Waals surface area contributed by atoms with Gasteiger partial charge in [0.1, 0.15) is 18.0 Å². The second-order valence-electron chi connectivity index (χ2n) is 10.3. The topological polar surface area (TPSA) is 127 Å². The molecule has 1 aliphatic heterocycles. The monoisotopic (exact) mass is 605 g/mol. The number of carbonyl (C=O) groups excluding carboxylic acids is 4. The molecule has 4 atom stereocenters. The van der Waals surface area contributed by atoms with Gasteiger partial charge in [0.05, 0.1) is 27.3 Å². The van der Waals surface area contributed by atoms with E-state index in [1.807, 2.05) is 12.2 Å². The zero-order valence-corrected chi connectivity index (χ0v) is 23.2. The van der Waals surface area contributed by atoms with Crippen LogP contribution in [0.5, 0.6) is 11.5 Å². The maximum Gasteiger partial charge on any atom is 0.274 e. The third-order valence-corrected chi connectivity index (χ3v) is 8.39. The highest BCUT2D eigenvalue weighted by molar-refractivity contribution is 6.36. The number of halogens is 2. The number of benzene rings is 3. The molecule has 0 unspecified atom stereocenters. The van der Waals surface area contributed by atoms with Gasteiger partial charge in [-0.2, -0.15) is 5.01 Å². The van der Waals surface area contributed by atoms with Gasteiger partial charge >= 0.3 is 0 Å². The number of Topliss-reactive ketones (excluding diaryl/α,β-unsaturated/α-hetero) is 1. The fraction of sp³-hybridized carbons (Fsp3) is 0.200. The summed E-state index contributed by atoms with van der Waals surface area (Å²) < 4.78 is 5.70. The summed E-state index contributed by atoms with van der Waals surface area (Å²) in [5.74, 6) is -2.95. The van der Waals surface area contributed by atoms with E-state index in [0.717, 1.165) is 10.0 Å². The molecule has 2 fully saturated rings. The van der Waals surface area contributed by atoms with Crippen LogP contribution in [0, 0.1) is 33.8 Å². The zero-order valence-electron chi connectivity index (χ0n) is 21.7. The van der Waals surface area contributed by atoms with Gasteiger partial charge < -0.3 is 4.74 Å². The second kappa shape index (κ2) is 10.7. The number of ketones is 1. The summed E-state index contributed by atoms with van der Waals surface area (Å²) in [6, 6.07) is 15.7. The molecule has 0 aromatic heterocycles. The summed E-state index contributed by atoms with van der Waals surface area (Å²) in [5.41, 5.74) is 0.108. The van der Waals surface area contributed by atoms with Gasteiger partial charge in [0, 0.05) is 22.7 Å². The number of allylic oxidation sites excluding steroid dienone is 2. The smallest absolute Gasteiger partial charge is 0.274 e. The van der Waals surface area contributed by atoms with Crippen molar-refractivity contribution in [2.24, 2.45) is 23.7 Å². The normalized spacial score (nSPS) is 21.9. The molecule has 3 aromatic rings. The number of nitrogens with zero attached hydrogens (tertiary/aromatic N) is 3. The van der Waals surface area contributed by atoms with Crippen molar-refractivity contribution in [3.8, 4) is 11.5 Å². The number of non-ortho nitro benzene ring substituents is 1. The molecule has 1 heterocycles. The second-order valence-corrected chi connectivity index (χ2v) is 11.1. The number of amides is 3. The van der Waals surface area contributed by atoms with Crippen molar-refractivity contribution < 1.29 is 28.8 Å². The number of rotatable bonds is 8. The number of imide groups is 1. The zero-order chi connectivity index (χ0) is 29.7. The highest BCUT2D eigenvalue weighted by atomic mass is 35.5. The quantitative estimate of drug-likeness (QED) is 0.105. The molecular weight excluding hydrogens is 585 g/mol. The molecule has 212 valence electrons. The van der Waals surface area contributed by atoms with Crippen molar-refractivity contribution in [1.82, 2.24) is 10.0 Å². The third-order valence-electron chi connectivity index (χ3n) is 7.84. The number of hydrazine groups is 1. The summed E-state index contributed by atoms with van der Waals surface area (Å²) >= 11 is 12.3. The van der Waals surface area contributed by atoms with Gasteiger partial charge in [0.15, 0.2) is 5.78 Å². The largest absolute Gasteiger partial charge is 0.457 e. The van der Waals surface area contributed by atoms with Gasteiger partial charge in [-0.1, -0.05) is 35.4 Å². The van der Waals surface area contributed by atoms with Gasteiger partial charge in [-0.05, 0) is 72.9 Å². The van der Waals surface area contributed by atoms with Crippen LogP contribution in [0.3, 0.4) is 0 Å². The summed E-state index contributed by atoms with van der Waals surface area (Å²) in [4.78, 5) is 64.7. The number of fused-ring (bicyclic) bond motifs is 5. The van der Waals surface area contributed by atoms with Crippen molar-refractivity contribution >= 4 is 52.4 Å². The molecule has 6 rings (SSSR count). The predicted octanol–water partition coefficient (Wildman–Crippen LogP) is 5.74. The molecule has 12 heteroatoms. The van der Waals surface area contributed by atoms with E-state index < -0.39 is 46.8 Å². The van der Waals surface area contributed by atoms with Crippen LogP contribution in [0.25, 0.3) is 0 Å². The Morgan fingerprint density at radius 3 is 2.02 bits per heavy atom. The van der Waals surface area contributed by atoms with Crippen LogP contribution in [0.4, 0.5) is 5.69 Å². The molecule has 0 N–H and O–H groups in total. The Hall–Kier alpha value is -4.54.